The van der Waals surface area contributed by atoms with Gasteiger partial charge in [-0.3, -0.25) is 9.59 Å². The van der Waals surface area contributed by atoms with Crippen molar-refractivity contribution >= 4 is 18.0 Å². The predicted octanol–water partition coefficient (Wildman–Crippen LogP) is 3.71. The minimum absolute atomic E-state index is 0.180. The number of carboxylic acids is 1. The van der Waals surface area contributed by atoms with Gasteiger partial charge in [0, 0.05) is 12.3 Å². The second-order valence-corrected chi connectivity index (χ2v) is 7.22. The number of alkyl carbamates (subject to hydrolysis) is 1. The van der Waals surface area contributed by atoms with Gasteiger partial charge in [-0.25, -0.2) is 4.79 Å². The summed E-state index contributed by atoms with van der Waals surface area (Å²) in [5.74, 6) is -1.42. The van der Waals surface area contributed by atoms with Gasteiger partial charge in [-0.2, -0.15) is 0 Å². The summed E-state index contributed by atoms with van der Waals surface area (Å²) >= 11 is 0. The van der Waals surface area contributed by atoms with Crippen LogP contribution in [-0.2, 0) is 19.1 Å². The number of carbonyl (C=O) groups excluding carboxylic acids is 2. The van der Waals surface area contributed by atoms with Gasteiger partial charge in [0.15, 0.2) is 0 Å². The standard InChI is InChI=1S/C18H33NO6/c1-7-9-13(5)10-18(6,11-14(20)21)19-17(23)25-16(12(3)4)24-15(22)8-2/h12-13,16H,7-11H2,1-6H3,(H,19,23)(H,20,21)/t13?,16-,18-/m1/s1. The Bertz CT molecular complexity index is 451. The third kappa shape index (κ3) is 9.94. The van der Waals surface area contributed by atoms with Gasteiger partial charge in [-0.05, 0) is 19.3 Å². The molecule has 0 aromatic carbocycles. The smallest absolute Gasteiger partial charge is 0.410 e. The number of ether oxygens (including phenoxy) is 2. The average molecular weight is 359 g/mol. The summed E-state index contributed by atoms with van der Waals surface area (Å²) in [4.78, 5) is 34.9. The largest absolute Gasteiger partial charge is 0.481 e. The van der Waals surface area contributed by atoms with Crippen LogP contribution in [0.15, 0.2) is 0 Å². The van der Waals surface area contributed by atoms with E-state index in [9.17, 15) is 14.4 Å². The van der Waals surface area contributed by atoms with Crippen LogP contribution in [0.4, 0.5) is 4.79 Å². The monoisotopic (exact) mass is 359 g/mol. The molecule has 2 N–H and O–H groups in total. The number of rotatable bonds is 11. The molecule has 7 nitrogen and oxygen atoms in total. The number of carbonyl (C=O) groups is 3. The van der Waals surface area contributed by atoms with E-state index in [1.165, 1.54) is 0 Å². The number of amides is 1. The van der Waals surface area contributed by atoms with E-state index < -0.39 is 29.9 Å². The molecule has 146 valence electrons. The third-order valence-electron chi connectivity index (χ3n) is 3.83. The zero-order chi connectivity index (χ0) is 19.6. The molecule has 1 amide bonds. The van der Waals surface area contributed by atoms with Crippen molar-refractivity contribution in [3.05, 3.63) is 0 Å². The number of hydrogen-bond acceptors (Lipinski definition) is 5. The van der Waals surface area contributed by atoms with E-state index in [1.54, 1.807) is 27.7 Å². The highest BCUT2D eigenvalue weighted by Gasteiger charge is 2.33. The number of hydrogen-bond donors (Lipinski definition) is 2. The van der Waals surface area contributed by atoms with Gasteiger partial charge in [-0.1, -0.05) is 47.5 Å². The van der Waals surface area contributed by atoms with Crippen molar-refractivity contribution in [2.75, 3.05) is 0 Å². The van der Waals surface area contributed by atoms with Crippen molar-refractivity contribution < 1.29 is 29.0 Å². The molecule has 3 atom stereocenters. The Balaban J connectivity index is 4.98. The molecular formula is C18H33NO6. The van der Waals surface area contributed by atoms with Gasteiger partial charge in [0.25, 0.3) is 6.29 Å². The van der Waals surface area contributed by atoms with Gasteiger partial charge in [0.05, 0.1) is 12.0 Å². The lowest BCUT2D eigenvalue weighted by atomic mass is 9.85. The third-order valence-corrected chi connectivity index (χ3v) is 3.83. The molecule has 0 rings (SSSR count). The normalized spacial score (nSPS) is 15.8. The lowest BCUT2D eigenvalue weighted by Crippen LogP contribution is -2.50. The molecule has 0 radical (unpaired) electrons. The van der Waals surface area contributed by atoms with Crippen LogP contribution in [0.3, 0.4) is 0 Å². The molecule has 0 aromatic rings. The van der Waals surface area contributed by atoms with E-state index in [-0.39, 0.29) is 24.7 Å². The highest BCUT2D eigenvalue weighted by atomic mass is 16.7. The van der Waals surface area contributed by atoms with Gasteiger partial charge in [-0.15, -0.1) is 0 Å². The lowest BCUT2D eigenvalue weighted by Gasteiger charge is -2.32. The van der Waals surface area contributed by atoms with Crippen molar-refractivity contribution in [1.29, 1.82) is 0 Å². The first-order valence-electron chi connectivity index (χ1n) is 8.93. The first-order valence-corrected chi connectivity index (χ1v) is 8.93. The maximum absolute atomic E-state index is 12.2. The Kier molecular flexibility index (Phi) is 10.2. The van der Waals surface area contributed by atoms with Crippen LogP contribution in [-0.4, -0.2) is 35.0 Å². The Hall–Kier alpha value is -1.79. The molecule has 25 heavy (non-hydrogen) atoms. The van der Waals surface area contributed by atoms with Crippen molar-refractivity contribution in [2.24, 2.45) is 11.8 Å². The summed E-state index contributed by atoms with van der Waals surface area (Å²) < 4.78 is 10.3. The van der Waals surface area contributed by atoms with E-state index in [1.807, 2.05) is 6.92 Å². The van der Waals surface area contributed by atoms with Crippen molar-refractivity contribution in [1.82, 2.24) is 5.32 Å². The highest BCUT2D eigenvalue weighted by Crippen LogP contribution is 2.24. The molecule has 1 unspecified atom stereocenters. The summed E-state index contributed by atoms with van der Waals surface area (Å²) in [6.07, 6.45) is 0.621. The summed E-state index contributed by atoms with van der Waals surface area (Å²) in [6, 6.07) is 0. The quantitative estimate of drug-likeness (QED) is 0.431. The highest BCUT2D eigenvalue weighted by molar-refractivity contribution is 5.73. The van der Waals surface area contributed by atoms with E-state index in [0.29, 0.717) is 6.42 Å². The fourth-order valence-electron chi connectivity index (χ4n) is 2.76. The summed E-state index contributed by atoms with van der Waals surface area (Å²) in [5.41, 5.74) is -0.937. The predicted molar refractivity (Wildman–Crippen MR) is 94.0 cm³/mol. The Morgan fingerprint density at radius 1 is 1.12 bits per heavy atom. The van der Waals surface area contributed by atoms with Crippen LogP contribution in [0, 0.1) is 11.8 Å². The van der Waals surface area contributed by atoms with E-state index in [4.69, 9.17) is 14.6 Å². The number of nitrogens with one attached hydrogen (secondary N) is 1. The van der Waals surface area contributed by atoms with Crippen LogP contribution in [0.1, 0.15) is 73.6 Å². The van der Waals surface area contributed by atoms with Crippen molar-refractivity contribution in [3.63, 3.8) is 0 Å². The van der Waals surface area contributed by atoms with Crippen molar-refractivity contribution in [2.45, 2.75) is 85.5 Å². The molecule has 7 heteroatoms. The molecule has 0 heterocycles. The first kappa shape index (κ1) is 23.2. The molecule has 0 saturated heterocycles. The van der Waals surface area contributed by atoms with Gasteiger partial charge in [0.1, 0.15) is 0 Å². The molecule has 0 bridgehead atoms. The molecule has 0 aliphatic carbocycles. The van der Waals surface area contributed by atoms with Crippen LogP contribution in [0.5, 0.6) is 0 Å². The molecular weight excluding hydrogens is 326 g/mol. The van der Waals surface area contributed by atoms with Crippen LogP contribution < -0.4 is 5.32 Å². The van der Waals surface area contributed by atoms with E-state index in [2.05, 4.69) is 12.2 Å². The summed E-state index contributed by atoms with van der Waals surface area (Å²) in [6.45, 7) is 11.0. The van der Waals surface area contributed by atoms with Crippen LogP contribution >= 0.6 is 0 Å². The minimum atomic E-state index is -1.01. The van der Waals surface area contributed by atoms with Gasteiger partial charge in [0.2, 0.25) is 0 Å². The Morgan fingerprint density at radius 3 is 2.16 bits per heavy atom. The molecule has 0 spiro atoms. The molecule has 0 aromatic heterocycles. The molecule has 0 fully saturated rings. The zero-order valence-electron chi connectivity index (χ0n) is 16.3. The zero-order valence-corrected chi connectivity index (χ0v) is 16.3. The number of aliphatic carboxylic acids is 1. The average Bonchev–Trinajstić information content (AvgIpc) is 2.44. The summed E-state index contributed by atoms with van der Waals surface area (Å²) in [7, 11) is 0. The van der Waals surface area contributed by atoms with E-state index in [0.717, 1.165) is 12.8 Å². The van der Waals surface area contributed by atoms with Crippen LogP contribution in [0.2, 0.25) is 0 Å². The SMILES string of the molecule is CCCC(C)C[C@](C)(CC(=O)O)NC(=O)O[C@@H](OC(=O)CC)C(C)C. The number of carboxylic acid groups (broad SMARTS) is 1. The van der Waals surface area contributed by atoms with Crippen molar-refractivity contribution in [3.8, 4) is 0 Å². The lowest BCUT2D eigenvalue weighted by molar-refractivity contribution is -0.174. The number of esters is 1. The Morgan fingerprint density at radius 2 is 1.72 bits per heavy atom. The van der Waals surface area contributed by atoms with E-state index >= 15 is 0 Å². The molecule has 0 saturated carbocycles. The second kappa shape index (κ2) is 10.9. The molecule has 0 aliphatic heterocycles. The minimum Gasteiger partial charge on any atom is -0.481 e. The van der Waals surface area contributed by atoms with Crippen LogP contribution in [0.25, 0.3) is 0 Å². The first-order chi connectivity index (χ1) is 11.5. The Labute approximate surface area is 150 Å². The fourth-order valence-corrected chi connectivity index (χ4v) is 2.76. The summed E-state index contributed by atoms with van der Waals surface area (Å²) in [5, 5.41) is 11.8. The second-order valence-electron chi connectivity index (χ2n) is 7.22. The maximum Gasteiger partial charge on any atom is 0.410 e. The van der Waals surface area contributed by atoms with Gasteiger partial charge < -0.3 is 19.9 Å². The molecule has 0 aliphatic rings. The topological polar surface area (TPSA) is 102 Å². The van der Waals surface area contributed by atoms with Gasteiger partial charge >= 0.3 is 18.0 Å². The fraction of sp³-hybridized carbons (Fsp3) is 0.833. The maximum atomic E-state index is 12.2.